The summed E-state index contributed by atoms with van der Waals surface area (Å²) in [5.41, 5.74) is 0. The van der Waals surface area contributed by atoms with Crippen LogP contribution in [0, 0.1) is 0 Å². The number of nitrogens with zero attached hydrogens (tertiary/aromatic N) is 3. The first kappa shape index (κ1) is 15.4. The van der Waals surface area contributed by atoms with E-state index in [9.17, 15) is 4.79 Å². The zero-order valence-corrected chi connectivity index (χ0v) is 12.8. The van der Waals surface area contributed by atoms with Crippen LogP contribution in [0.1, 0.15) is 26.7 Å². The van der Waals surface area contributed by atoms with Crippen LogP contribution < -0.4 is 0 Å². The second-order valence-electron chi connectivity index (χ2n) is 3.67. The zero-order valence-electron chi connectivity index (χ0n) is 11.2. The molecule has 0 spiro atoms. The Balaban J connectivity index is 2.57. The van der Waals surface area contributed by atoms with Crippen molar-refractivity contribution >= 4 is 29.4 Å². The average Bonchev–Trinajstić information content (AvgIpc) is 2.78. The normalized spacial score (nSPS) is 12.4. The van der Waals surface area contributed by atoms with Crippen LogP contribution >= 0.6 is 23.5 Å². The summed E-state index contributed by atoms with van der Waals surface area (Å²) < 4.78 is 5.44. The molecule has 0 aromatic carbocycles. The van der Waals surface area contributed by atoms with Crippen LogP contribution in [-0.2, 0) is 10.5 Å². The highest BCUT2D eigenvalue weighted by Crippen LogP contribution is 2.24. The predicted octanol–water partition coefficient (Wildman–Crippen LogP) is 2.28. The first-order valence-corrected chi connectivity index (χ1v) is 8.16. The van der Waals surface area contributed by atoms with Gasteiger partial charge in [-0.05, 0) is 27.0 Å². The Bertz CT molecular complexity index is 380. The largest absolute Gasteiger partial charge is 0.415 e. The highest BCUT2D eigenvalue weighted by atomic mass is 32.2. The maximum absolute atomic E-state index is 12.1. The van der Waals surface area contributed by atoms with Crippen molar-refractivity contribution in [3.8, 4) is 0 Å². The fraction of sp³-hybridized carbons (Fsp3) is 0.727. The minimum Gasteiger partial charge on any atom is -0.415 e. The van der Waals surface area contributed by atoms with Gasteiger partial charge in [-0.1, -0.05) is 11.8 Å². The van der Waals surface area contributed by atoms with Crippen LogP contribution in [0.2, 0.25) is 0 Å². The smallest absolute Gasteiger partial charge is 0.277 e. The van der Waals surface area contributed by atoms with Crippen LogP contribution in [0.15, 0.2) is 9.64 Å². The molecule has 5 nitrogen and oxygen atoms in total. The van der Waals surface area contributed by atoms with Crippen molar-refractivity contribution < 1.29 is 9.21 Å². The Kier molecular flexibility index (Phi) is 6.56. The lowest BCUT2D eigenvalue weighted by molar-refractivity contribution is -0.129. The fourth-order valence-corrected chi connectivity index (χ4v) is 2.61. The van der Waals surface area contributed by atoms with Crippen molar-refractivity contribution in [3.63, 3.8) is 0 Å². The number of hydrogen-bond donors (Lipinski definition) is 0. The van der Waals surface area contributed by atoms with Crippen molar-refractivity contribution in [3.05, 3.63) is 5.89 Å². The molecule has 0 fully saturated rings. The van der Waals surface area contributed by atoms with Crippen molar-refractivity contribution in [2.24, 2.45) is 0 Å². The van der Waals surface area contributed by atoms with Crippen molar-refractivity contribution in [1.29, 1.82) is 0 Å². The average molecular weight is 289 g/mol. The number of rotatable bonds is 7. The first-order valence-electron chi connectivity index (χ1n) is 5.89. The van der Waals surface area contributed by atoms with Crippen LogP contribution in [0.4, 0.5) is 0 Å². The maximum Gasteiger partial charge on any atom is 0.277 e. The van der Waals surface area contributed by atoms with E-state index in [1.54, 1.807) is 16.7 Å². The molecule has 0 aliphatic heterocycles. The van der Waals surface area contributed by atoms with Crippen molar-refractivity contribution in [1.82, 2.24) is 15.1 Å². The third kappa shape index (κ3) is 4.20. The van der Waals surface area contributed by atoms with Gasteiger partial charge < -0.3 is 9.32 Å². The molecular formula is C11H19N3O2S2. The van der Waals surface area contributed by atoms with Crippen molar-refractivity contribution in [2.45, 2.75) is 37.0 Å². The molecule has 1 aromatic rings. The lowest BCUT2D eigenvalue weighted by Crippen LogP contribution is -2.36. The molecule has 0 N–H and O–H groups in total. The molecule has 0 radical (unpaired) electrons. The number of hydrogen-bond acceptors (Lipinski definition) is 6. The van der Waals surface area contributed by atoms with Gasteiger partial charge in [-0.2, -0.15) is 11.8 Å². The van der Waals surface area contributed by atoms with Gasteiger partial charge in [0.2, 0.25) is 11.8 Å². The molecule has 1 aromatic heterocycles. The number of amides is 1. The van der Waals surface area contributed by atoms with Gasteiger partial charge in [-0.15, -0.1) is 10.2 Å². The number of thioether (sulfide) groups is 2. The lowest BCUT2D eigenvalue weighted by atomic mass is 10.4. The molecule has 0 saturated carbocycles. The summed E-state index contributed by atoms with van der Waals surface area (Å²) in [6.07, 6.45) is 1.98. The summed E-state index contributed by atoms with van der Waals surface area (Å²) in [4.78, 5) is 13.9. The first-order chi connectivity index (χ1) is 8.62. The van der Waals surface area contributed by atoms with E-state index >= 15 is 0 Å². The Labute approximate surface area is 116 Å². The summed E-state index contributed by atoms with van der Waals surface area (Å²) in [7, 11) is 0. The minimum atomic E-state index is -0.201. The Morgan fingerprint density at radius 3 is 2.61 bits per heavy atom. The van der Waals surface area contributed by atoms with E-state index in [1.165, 1.54) is 11.8 Å². The van der Waals surface area contributed by atoms with Crippen LogP contribution in [0.5, 0.6) is 0 Å². The molecule has 18 heavy (non-hydrogen) atoms. The van der Waals surface area contributed by atoms with Gasteiger partial charge in [0.05, 0.1) is 11.0 Å². The van der Waals surface area contributed by atoms with Gasteiger partial charge >= 0.3 is 0 Å². The standard InChI is InChI=1S/C11H19N3O2S2/c1-5-14(6-2)10(15)8(3)18-11-13-12-9(16-11)7-17-4/h8H,5-7H2,1-4H3. The molecule has 0 aliphatic carbocycles. The summed E-state index contributed by atoms with van der Waals surface area (Å²) in [5.74, 6) is 1.41. The molecule has 1 unspecified atom stereocenters. The third-order valence-electron chi connectivity index (χ3n) is 2.42. The summed E-state index contributed by atoms with van der Waals surface area (Å²) in [5, 5.41) is 8.11. The Morgan fingerprint density at radius 2 is 2.06 bits per heavy atom. The van der Waals surface area contributed by atoms with E-state index in [2.05, 4.69) is 10.2 Å². The highest BCUT2D eigenvalue weighted by Gasteiger charge is 2.21. The highest BCUT2D eigenvalue weighted by molar-refractivity contribution is 8.00. The van der Waals surface area contributed by atoms with Crippen molar-refractivity contribution in [2.75, 3.05) is 19.3 Å². The van der Waals surface area contributed by atoms with Gasteiger partial charge in [0, 0.05) is 13.1 Å². The Hall–Kier alpha value is -0.690. The molecule has 1 heterocycles. The van der Waals surface area contributed by atoms with Gasteiger partial charge in [-0.25, -0.2) is 0 Å². The summed E-state index contributed by atoms with van der Waals surface area (Å²) >= 11 is 2.94. The van der Waals surface area contributed by atoms with Gasteiger partial charge in [-0.3, -0.25) is 4.79 Å². The molecule has 0 bridgehead atoms. The second-order valence-corrected chi connectivity index (χ2v) is 5.82. The molecule has 102 valence electrons. The SMILES string of the molecule is CCN(CC)C(=O)C(C)Sc1nnc(CSC)o1. The van der Waals surface area contributed by atoms with E-state index in [1.807, 2.05) is 27.0 Å². The van der Waals surface area contributed by atoms with Crippen LogP contribution in [-0.4, -0.2) is 45.6 Å². The number of carbonyl (C=O) groups is 1. The van der Waals surface area contributed by atoms with Crippen LogP contribution in [0.3, 0.4) is 0 Å². The molecule has 1 rings (SSSR count). The zero-order chi connectivity index (χ0) is 13.5. The van der Waals surface area contributed by atoms with E-state index in [0.717, 1.165) is 13.1 Å². The summed E-state index contributed by atoms with van der Waals surface area (Å²) in [6.45, 7) is 7.26. The van der Waals surface area contributed by atoms with E-state index in [0.29, 0.717) is 16.9 Å². The molecule has 1 atom stereocenters. The number of aromatic nitrogens is 2. The van der Waals surface area contributed by atoms with Gasteiger partial charge in [0.15, 0.2) is 0 Å². The monoisotopic (exact) mass is 289 g/mol. The molecule has 0 aliphatic rings. The van der Waals surface area contributed by atoms with Crippen LogP contribution in [0.25, 0.3) is 0 Å². The number of carbonyl (C=O) groups excluding carboxylic acids is 1. The molecule has 7 heteroatoms. The lowest BCUT2D eigenvalue weighted by Gasteiger charge is -2.21. The minimum absolute atomic E-state index is 0.106. The molecule has 1 amide bonds. The van der Waals surface area contributed by atoms with E-state index < -0.39 is 0 Å². The Morgan fingerprint density at radius 1 is 1.39 bits per heavy atom. The summed E-state index contributed by atoms with van der Waals surface area (Å²) in [6, 6.07) is 0. The van der Waals surface area contributed by atoms with E-state index in [4.69, 9.17) is 4.42 Å². The second kappa shape index (κ2) is 7.68. The quantitative estimate of drug-likeness (QED) is 0.718. The predicted molar refractivity (Wildman–Crippen MR) is 74.8 cm³/mol. The topological polar surface area (TPSA) is 59.2 Å². The van der Waals surface area contributed by atoms with Gasteiger partial charge in [0.1, 0.15) is 0 Å². The fourth-order valence-electron chi connectivity index (χ4n) is 1.46. The van der Waals surface area contributed by atoms with E-state index in [-0.39, 0.29) is 11.2 Å². The third-order valence-corrected chi connectivity index (χ3v) is 3.87. The molecule has 0 saturated heterocycles. The maximum atomic E-state index is 12.1. The van der Waals surface area contributed by atoms with Gasteiger partial charge in [0.25, 0.3) is 5.22 Å². The molecular weight excluding hydrogens is 270 g/mol.